The predicted octanol–water partition coefficient (Wildman–Crippen LogP) is 4.36. The smallest absolute Gasteiger partial charge is 0.393 e. The van der Waals surface area contributed by atoms with E-state index in [1.807, 2.05) is 55.5 Å². The lowest BCUT2D eigenvalue weighted by Gasteiger charge is -2.18. The molecule has 26 heavy (non-hydrogen) atoms. The number of hydrogen-bond donors (Lipinski definition) is 1. The first-order valence-electron chi connectivity index (χ1n) is 8.42. The van der Waals surface area contributed by atoms with Gasteiger partial charge in [-0.1, -0.05) is 48.0 Å². The fraction of sp³-hybridized carbons (Fsp3) is 0.350. The Morgan fingerprint density at radius 2 is 1.81 bits per heavy atom. The summed E-state index contributed by atoms with van der Waals surface area (Å²) in [6.07, 6.45) is -4.50. The molecule has 3 rings (SSSR count). The van der Waals surface area contributed by atoms with Gasteiger partial charge >= 0.3 is 12.1 Å². The van der Waals surface area contributed by atoms with E-state index in [2.05, 4.69) is 0 Å². The Hall–Kier alpha value is -2.34. The number of carboxylic acids is 1. The zero-order chi connectivity index (χ0) is 18.9. The topological polar surface area (TPSA) is 40.5 Å². The van der Waals surface area contributed by atoms with Gasteiger partial charge in [0.1, 0.15) is 0 Å². The van der Waals surface area contributed by atoms with Crippen LogP contribution in [0.1, 0.15) is 11.1 Å². The first-order chi connectivity index (χ1) is 12.2. The first kappa shape index (κ1) is 18.5. The molecular weight excluding hydrogens is 343 g/mol. The SMILES string of the molecule is Cc1ccc(-c2cccc(CN3C[C@@H](C(F)(F)F)[C@H](C(=O)O)C3)c2)cc1. The Bertz CT molecular complexity index is 786. The molecule has 0 bridgehead atoms. The van der Waals surface area contributed by atoms with Crippen molar-refractivity contribution in [2.75, 3.05) is 13.1 Å². The van der Waals surface area contributed by atoms with E-state index in [1.165, 1.54) is 0 Å². The third-order valence-electron chi connectivity index (χ3n) is 4.85. The Labute approximate surface area is 150 Å². The molecule has 1 fully saturated rings. The van der Waals surface area contributed by atoms with E-state index >= 15 is 0 Å². The van der Waals surface area contributed by atoms with Crippen LogP contribution in [0.15, 0.2) is 48.5 Å². The average molecular weight is 363 g/mol. The highest BCUT2D eigenvalue weighted by molar-refractivity contribution is 5.71. The summed E-state index contributed by atoms with van der Waals surface area (Å²) in [6, 6.07) is 15.7. The van der Waals surface area contributed by atoms with Crippen LogP contribution in [0.2, 0.25) is 0 Å². The molecule has 2 aromatic rings. The second kappa shape index (κ2) is 7.11. The minimum absolute atomic E-state index is 0.0890. The van der Waals surface area contributed by atoms with Gasteiger partial charge < -0.3 is 5.11 Å². The van der Waals surface area contributed by atoms with Crippen molar-refractivity contribution in [2.45, 2.75) is 19.6 Å². The number of likely N-dealkylation sites (tertiary alicyclic amines) is 1. The molecule has 0 aliphatic carbocycles. The molecule has 1 N–H and O–H groups in total. The third-order valence-corrected chi connectivity index (χ3v) is 4.85. The molecule has 3 nitrogen and oxygen atoms in total. The zero-order valence-corrected chi connectivity index (χ0v) is 14.3. The van der Waals surface area contributed by atoms with Crippen LogP contribution in [0.4, 0.5) is 13.2 Å². The maximum atomic E-state index is 13.1. The van der Waals surface area contributed by atoms with Crippen molar-refractivity contribution in [2.24, 2.45) is 11.8 Å². The molecule has 0 unspecified atom stereocenters. The Balaban J connectivity index is 1.76. The fourth-order valence-electron chi connectivity index (χ4n) is 3.45. The molecule has 0 amide bonds. The molecule has 0 aromatic heterocycles. The van der Waals surface area contributed by atoms with Crippen LogP contribution >= 0.6 is 0 Å². The van der Waals surface area contributed by atoms with Gasteiger partial charge in [-0.2, -0.15) is 13.2 Å². The molecule has 0 radical (unpaired) electrons. The molecule has 0 spiro atoms. The van der Waals surface area contributed by atoms with E-state index in [1.54, 1.807) is 4.90 Å². The molecule has 6 heteroatoms. The van der Waals surface area contributed by atoms with Gasteiger partial charge in [0.2, 0.25) is 0 Å². The van der Waals surface area contributed by atoms with Gasteiger partial charge in [0, 0.05) is 19.6 Å². The van der Waals surface area contributed by atoms with Crippen LogP contribution in [0.25, 0.3) is 11.1 Å². The highest BCUT2D eigenvalue weighted by Gasteiger charge is 2.52. The number of nitrogens with zero attached hydrogens (tertiary/aromatic N) is 1. The van der Waals surface area contributed by atoms with E-state index in [0.717, 1.165) is 22.3 Å². The van der Waals surface area contributed by atoms with Crippen LogP contribution < -0.4 is 0 Å². The van der Waals surface area contributed by atoms with Crippen LogP contribution in [-0.2, 0) is 11.3 Å². The van der Waals surface area contributed by atoms with Gasteiger partial charge in [-0.25, -0.2) is 0 Å². The lowest BCUT2D eigenvalue weighted by atomic mass is 9.96. The van der Waals surface area contributed by atoms with Crippen molar-refractivity contribution in [1.82, 2.24) is 4.90 Å². The lowest BCUT2D eigenvalue weighted by Crippen LogP contribution is -2.33. The minimum Gasteiger partial charge on any atom is -0.481 e. The monoisotopic (exact) mass is 363 g/mol. The van der Waals surface area contributed by atoms with E-state index in [0.29, 0.717) is 6.54 Å². The van der Waals surface area contributed by atoms with Crippen LogP contribution in [0.5, 0.6) is 0 Å². The van der Waals surface area contributed by atoms with Gasteiger partial charge in [0.15, 0.2) is 0 Å². The number of aliphatic carboxylic acids is 1. The van der Waals surface area contributed by atoms with Crippen molar-refractivity contribution in [3.63, 3.8) is 0 Å². The second-order valence-electron chi connectivity index (χ2n) is 6.85. The predicted molar refractivity (Wildman–Crippen MR) is 92.6 cm³/mol. The minimum atomic E-state index is -4.50. The standard InChI is InChI=1S/C20H20F3NO2/c1-13-5-7-15(8-6-13)16-4-2-3-14(9-16)10-24-11-17(19(25)26)18(12-24)20(21,22)23/h2-9,17-18H,10-12H2,1H3,(H,25,26)/t17-,18-/m1/s1. The quantitative estimate of drug-likeness (QED) is 0.878. The van der Waals surface area contributed by atoms with Crippen molar-refractivity contribution >= 4 is 5.97 Å². The summed E-state index contributed by atoms with van der Waals surface area (Å²) in [4.78, 5) is 12.8. The summed E-state index contributed by atoms with van der Waals surface area (Å²) < 4.78 is 39.3. The van der Waals surface area contributed by atoms with E-state index in [9.17, 15) is 18.0 Å². The van der Waals surface area contributed by atoms with Crippen molar-refractivity contribution < 1.29 is 23.1 Å². The van der Waals surface area contributed by atoms with Crippen molar-refractivity contribution in [3.8, 4) is 11.1 Å². The molecule has 1 aliphatic rings. The molecule has 2 aromatic carbocycles. The Kier molecular flexibility index (Phi) is 5.05. The molecule has 1 saturated heterocycles. The molecule has 0 saturated carbocycles. The Morgan fingerprint density at radius 1 is 1.12 bits per heavy atom. The number of carbonyl (C=O) groups is 1. The zero-order valence-electron chi connectivity index (χ0n) is 14.3. The largest absolute Gasteiger partial charge is 0.481 e. The fourth-order valence-corrected chi connectivity index (χ4v) is 3.45. The van der Waals surface area contributed by atoms with Crippen LogP contribution in [0.3, 0.4) is 0 Å². The Morgan fingerprint density at radius 3 is 2.38 bits per heavy atom. The summed E-state index contributed by atoms with van der Waals surface area (Å²) in [5.74, 6) is -4.61. The number of rotatable bonds is 4. The van der Waals surface area contributed by atoms with Crippen LogP contribution in [-0.4, -0.2) is 35.2 Å². The van der Waals surface area contributed by atoms with E-state index < -0.39 is 24.0 Å². The number of hydrogen-bond acceptors (Lipinski definition) is 2. The van der Waals surface area contributed by atoms with Gasteiger partial charge in [0.25, 0.3) is 0 Å². The first-order valence-corrected chi connectivity index (χ1v) is 8.42. The van der Waals surface area contributed by atoms with Gasteiger partial charge in [-0.15, -0.1) is 0 Å². The van der Waals surface area contributed by atoms with Crippen molar-refractivity contribution in [3.05, 3.63) is 59.7 Å². The second-order valence-corrected chi connectivity index (χ2v) is 6.85. The third kappa shape index (κ3) is 4.07. The lowest BCUT2D eigenvalue weighted by molar-refractivity contribution is -0.188. The van der Waals surface area contributed by atoms with Crippen molar-refractivity contribution in [1.29, 1.82) is 0 Å². The highest BCUT2D eigenvalue weighted by atomic mass is 19.4. The molecule has 1 aliphatic heterocycles. The molecule has 1 heterocycles. The molecule has 138 valence electrons. The van der Waals surface area contributed by atoms with E-state index in [-0.39, 0.29) is 13.1 Å². The summed E-state index contributed by atoms with van der Waals surface area (Å²) >= 11 is 0. The number of halogens is 3. The van der Waals surface area contributed by atoms with Gasteiger partial charge in [-0.3, -0.25) is 9.69 Å². The molecular formula is C20H20F3NO2. The average Bonchev–Trinajstić information content (AvgIpc) is 3.00. The summed E-state index contributed by atoms with van der Waals surface area (Å²) in [5.41, 5.74) is 4.05. The molecule has 2 atom stereocenters. The summed E-state index contributed by atoms with van der Waals surface area (Å²) in [6.45, 7) is 1.93. The highest BCUT2D eigenvalue weighted by Crippen LogP contribution is 2.38. The van der Waals surface area contributed by atoms with E-state index in [4.69, 9.17) is 5.11 Å². The maximum absolute atomic E-state index is 13.1. The van der Waals surface area contributed by atoms with Gasteiger partial charge in [-0.05, 0) is 29.7 Å². The number of carboxylic acid groups (broad SMARTS) is 1. The number of benzene rings is 2. The normalized spacial score (nSPS) is 21.1. The number of aryl methyl sites for hydroxylation is 1. The maximum Gasteiger partial charge on any atom is 0.393 e. The number of alkyl halides is 3. The summed E-state index contributed by atoms with van der Waals surface area (Å²) in [7, 11) is 0. The van der Waals surface area contributed by atoms with Gasteiger partial charge in [0.05, 0.1) is 11.8 Å². The van der Waals surface area contributed by atoms with Crippen LogP contribution in [0, 0.1) is 18.8 Å². The summed E-state index contributed by atoms with van der Waals surface area (Å²) in [5, 5.41) is 9.12.